The SMILES string of the molecule is COc1ccc(N2C(=O)[C@H](n3cccc3)[C@@H]2[C@H]2COC(C)(C)O2)cc1. The molecule has 2 aliphatic rings. The molecule has 3 heterocycles. The summed E-state index contributed by atoms with van der Waals surface area (Å²) in [6.07, 6.45) is 3.66. The predicted molar refractivity (Wildman–Crippen MR) is 92.6 cm³/mol. The largest absolute Gasteiger partial charge is 0.497 e. The molecule has 0 N–H and O–H groups in total. The number of benzene rings is 1. The Bertz CT molecular complexity index is 754. The number of aromatic nitrogens is 1. The Kier molecular flexibility index (Phi) is 3.81. The molecule has 25 heavy (non-hydrogen) atoms. The molecule has 3 atom stereocenters. The van der Waals surface area contributed by atoms with Gasteiger partial charge in [0, 0.05) is 18.1 Å². The molecule has 2 aliphatic heterocycles. The summed E-state index contributed by atoms with van der Waals surface area (Å²) in [7, 11) is 1.63. The van der Waals surface area contributed by atoms with Gasteiger partial charge in [0.2, 0.25) is 0 Å². The Morgan fingerprint density at radius 1 is 1.16 bits per heavy atom. The van der Waals surface area contributed by atoms with Crippen LogP contribution in [0.25, 0.3) is 0 Å². The van der Waals surface area contributed by atoms with Gasteiger partial charge in [0.05, 0.1) is 19.8 Å². The van der Waals surface area contributed by atoms with Crippen molar-refractivity contribution in [2.45, 2.75) is 37.8 Å². The van der Waals surface area contributed by atoms with Crippen molar-refractivity contribution in [3.05, 3.63) is 48.8 Å². The van der Waals surface area contributed by atoms with Gasteiger partial charge in [-0.3, -0.25) is 4.79 Å². The van der Waals surface area contributed by atoms with E-state index in [1.807, 2.05) is 67.2 Å². The van der Waals surface area contributed by atoms with Gasteiger partial charge < -0.3 is 23.7 Å². The minimum atomic E-state index is -0.629. The lowest BCUT2D eigenvalue weighted by Gasteiger charge is -2.49. The van der Waals surface area contributed by atoms with Gasteiger partial charge in [0.15, 0.2) is 5.79 Å². The Balaban J connectivity index is 1.66. The molecule has 0 radical (unpaired) electrons. The van der Waals surface area contributed by atoms with Crippen molar-refractivity contribution in [2.75, 3.05) is 18.6 Å². The number of hydrogen-bond donors (Lipinski definition) is 0. The number of β-lactam (4-membered cyclic amide) rings is 1. The number of rotatable bonds is 4. The van der Waals surface area contributed by atoms with Crippen LogP contribution in [0.2, 0.25) is 0 Å². The number of hydrogen-bond acceptors (Lipinski definition) is 4. The van der Waals surface area contributed by atoms with Gasteiger partial charge in [0.1, 0.15) is 17.9 Å². The maximum absolute atomic E-state index is 12.9. The molecular formula is C19H22N2O4. The average Bonchev–Trinajstić information content (AvgIpc) is 3.22. The van der Waals surface area contributed by atoms with E-state index in [0.717, 1.165) is 11.4 Å². The van der Waals surface area contributed by atoms with Crippen LogP contribution in [-0.2, 0) is 14.3 Å². The molecular weight excluding hydrogens is 320 g/mol. The van der Waals surface area contributed by atoms with Crippen molar-refractivity contribution >= 4 is 11.6 Å². The molecule has 0 aliphatic carbocycles. The third-order valence-electron chi connectivity index (χ3n) is 4.82. The van der Waals surface area contributed by atoms with Crippen LogP contribution in [0.4, 0.5) is 5.69 Å². The second kappa shape index (κ2) is 5.89. The van der Waals surface area contributed by atoms with Gasteiger partial charge in [-0.1, -0.05) is 0 Å². The van der Waals surface area contributed by atoms with Crippen molar-refractivity contribution in [3.8, 4) is 5.75 Å². The van der Waals surface area contributed by atoms with E-state index in [9.17, 15) is 4.79 Å². The third kappa shape index (κ3) is 2.71. The standard InChI is InChI=1S/C19H22N2O4/c1-19(2)24-12-15(25-19)16-17(20-10-4-5-11-20)18(22)21(16)13-6-8-14(23-3)9-7-13/h4-11,15-17H,12H2,1-3H3/t15-,16+,17-/m1/s1. The molecule has 0 saturated carbocycles. The van der Waals surface area contributed by atoms with E-state index in [-0.39, 0.29) is 24.1 Å². The van der Waals surface area contributed by atoms with Crippen molar-refractivity contribution in [1.29, 1.82) is 0 Å². The summed E-state index contributed by atoms with van der Waals surface area (Å²) in [5.41, 5.74) is 0.840. The second-order valence-electron chi connectivity index (χ2n) is 6.84. The lowest BCUT2D eigenvalue weighted by Crippen LogP contribution is -2.66. The fraction of sp³-hybridized carbons (Fsp3) is 0.421. The number of carbonyl (C=O) groups is 1. The van der Waals surface area contributed by atoms with Gasteiger partial charge in [-0.25, -0.2) is 0 Å². The van der Waals surface area contributed by atoms with Crippen LogP contribution in [0.1, 0.15) is 19.9 Å². The molecule has 1 aromatic carbocycles. The number of methoxy groups -OCH3 is 1. The molecule has 6 heteroatoms. The zero-order valence-corrected chi connectivity index (χ0v) is 14.6. The van der Waals surface area contributed by atoms with Gasteiger partial charge in [-0.05, 0) is 50.2 Å². The number of ether oxygens (including phenoxy) is 3. The summed E-state index contributed by atoms with van der Waals surface area (Å²) in [6, 6.07) is 11.0. The summed E-state index contributed by atoms with van der Waals surface area (Å²) in [6.45, 7) is 4.27. The topological polar surface area (TPSA) is 52.9 Å². The summed E-state index contributed by atoms with van der Waals surface area (Å²) < 4.78 is 19.0. The number of carbonyl (C=O) groups excluding carboxylic acids is 1. The lowest BCUT2D eigenvalue weighted by molar-refractivity contribution is -0.151. The fourth-order valence-electron chi connectivity index (χ4n) is 3.63. The maximum atomic E-state index is 12.9. The Labute approximate surface area is 146 Å². The first kappa shape index (κ1) is 16.2. The van der Waals surface area contributed by atoms with E-state index in [2.05, 4.69) is 0 Å². The summed E-state index contributed by atoms with van der Waals surface area (Å²) in [4.78, 5) is 14.7. The molecule has 132 valence electrons. The second-order valence-corrected chi connectivity index (χ2v) is 6.84. The van der Waals surface area contributed by atoms with Crippen LogP contribution >= 0.6 is 0 Å². The molecule has 1 amide bonds. The molecule has 2 saturated heterocycles. The first-order chi connectivity index (χ1) is 12.0. The Morgan fingerprint density at radius 3 is 2.40 bits per heavy atom. The quantitative estimate of drug-likeness (QED) is 0.802. The monoisotopic (exact) mass is 342 g/mol. The van der Waals surface area contributed by atoms with Gasteiger partial charge in [0.25, 0.3) is 5.91 Å². The maximum Gasteiger partial charge on any atom is 0.252 e. The van der Waals surface area contributed by atoms with E-state index in [1.54, 1.807) is 12.0 Å². The first-order valence-electron chi connectivity index (χ1n) is 8.41. The zero-order chi connectivity index (χ0) is 17.6. The van der Waals surface area contributed by atoms with Crippen molar-refractivity contribution in [1.82, 2.24) is 4.57 Å². The number of anilines is 1. The first-order valence-corrected chi connectivity index (χ1v) is 8.41. The number of amides is 1. The molecule has 2 fully saturated rings. The highest BCUT2D eigenvalue weighted by Crippen LogP contribution is 2.42. The van der Waals surface area contributed by atoms with Gasteiger partial charge >= 0.3 is 0 Å². The van der Waals surface area contributed by atoms with Crippen LogP contribution in [-0.4, -0.2) is 42.1 Å². The van der Waals surface area contributed by atoms with Crippen LogP contribution < -0.4 is 9.64 Å². The molecule has 4 rings (SSSR count). The zero-order valence-electron chi connectivity index (χ0n) is 14.6. The lowest BCUT2D eigenvalue weighted by atomic mass is 9.89. The van der Waals surface area contributed by atoms with Crippen LogP contribution in [0, 0.1) is 0 Å². The highest BCUT2D eigenvalue weighted by molar-refractivity contribution is 6.04. The van der Waals surface area contributed by atoms with E-state index in [1.165, 1.54) is 0 Å². The molecule has 0 bridgehead atoms. The third-order valence-corrected chi connectivity index (χ3v) is 4.82. The molecule has 0 unspecified atom stereocenters. The average molecular weight is 342 g/mol. The fourth-order valence-corrected chi connectivity index (χ4v) is 3.63. The van der Waals surface area contributed by atoms with Crippen LogP contribution in [0.5, 0.6) is 5.75 Å². The van der Waals surface area contributed by atoms with Crippen molar-refractivity contribution in [3.63, 3.8) is 0 Å². The predicted octanol–water partition coefficient (Wildman–Crippen LogP) is 2.60. The Hall–Kier alpha value is -2.31. The van der Waals surface area contributed by atoms with Crippen LogP contribution in [0.15, 0.2) is 48.8 Å². The van der Waals surface area contributed by atoms with E-state index in [4.69, 9.17) is 14.2 Å². The Morgan fingerprint density at radius 2 is 1.84 bits per heavy atom. The van der Waals surface area contributed by atoms with Crippen molar-refractivity contribution < 1.29 is 19.0 Å². The van der Waals surface area contributed by atoms with Crippen molar-refractivity contribution in [2.24, 2.45) is 0 Å². The van der Waals surface area contributed by atoms with Gasteiger partial charge in [-0.15, -0.1) is 0 Å². The highest BCUT2D eigenvalue weighted by Gasteiger charge is 2.56. The van der Waals surface area contributed by atoms with E-state index >= 15 is 0 Å². The van der Waals surface area contributed by atoms with Gasteiger partial charge in [-0.2, -0.15) is 0 Å². The van der Waals surface area contributed by atoms with Crippen LogP contribution in [0.3, 0.4) is 0 Å². The smallest absolute Gasteiger partial charge is 0.252 e. The normalized spacial score (nSPS) is 28.0. The minimum Gasteiger partial charge on any atom is -0.497 e. The van der Waals surface area contributed by atoms with E-state index < -0.39 is 5.79 Å². The number of nitrogens with zero attached hydrogens (tertiary/aromatic N) is 2. The molecule has 2 aromatic rings. The molecule has 1 aromatic heterocycles. The minimum absolute atomic E-state index is 0.0553. The molecule has 6 nitrogen and oxygen atoms in total. The summed E-state index contributed by atoms with van der Waals surface area (Å²) in [5.74, 6) is 0.187. The highest BCUT2D eigenvalue weighted by atomic mass is 16.7. The summed E-state index contributed by atoms with van der Waals surface area (Å²) >= 11 is 0. The van der Waals surface area contributed by atoms with E-state index in [0.29, 0.717) is 6.61 Å². The summed E-state index contributed by atoms with van der Waals surface area (Å²) in [5, 5.41) is 0. The molecule has 0 spiro atoms.